The van der Waals surface area contributed by atoms with Gasteiger partial charge < -0.3 is 9.73 Å². The maximum absolute atomic E-state index is 12.8. The van der Waals surface area contributed by atoms with Crippen LogP contribution in [0.2, 0.25) is 0 Å². The Kier molecular flexibility index (Phi) is 4.88. The van der Waals surface area contributed by atoms with E-state index >= 15 is 0 Å². The Morgan fingerprint density at radius 1 is 1.06 bits per heavy atom. The lowest BCUT2D eigenvalue weighted by molar-refractivity contribution is -0.118. The molecule has 5 rings (SSSR count). The number of oxazole rings is 1. The zero-order valence-corrected chi connectivity index (χ0v) is 17.6. The lowest BCUT2D eigenvalue weighted by Gasteiger charge is -2.13. The first-order valence-electron chi connectivity index (χ1n) is 9.93. The van der Waals surface area contributed by atoms with Crippen molar-refractivity contribution in [3.63, 3.8) is 0 Å². The molecule has 6 nitrogen and oxygen atoms in total. The molecule has 0 saturated carbocycles. The van der Waals surface area contributed by atoms with Crippen molar-refractivity contribution in [1.82, 2.24) is 9.55 Å². The highest BCUT2D eigenvalue weighted by Gasteiger charge is 2.21. The van der Waals surface area contributed by atoms with Crippen LogP contribution in [-0.4, -0.2) is 15.5 Å². The van der Waals surface area contributed by atoms with E-state index in [4.69, 9.17) is 4.42 Å². The van der Waals surface area contributed by atoms with Gasteiger partial charge in [-0.25, -0.2) is 9.78 Å². The monoisotopic (exact) mass is 429 g/mol. The number of hydrogen-bond donors (Lipinski definition) is 1. The van der Waals surface area contributed by atoms with E-state index in [1.54, 1.807) is 36.5 Å². The van der Waals surface area contributed by atoms with E-state index in [0.29, 0.717) is 16.8 Å². The molecule has 1 atom stereocenters. The van der Waals surface area contributed by atoms with Crippen molar-refractivity contribution < 1.29 is 9.21 Å². The number of fused-ring (bicyclic) bond motifs is 2. The summed E-state index contributed by atoms with van der Waals surface area (Å²) in [6.07, 6.45) is 0.736. The highest BCUT2D eigenvalue weighted by atomic mass is 32.1. The third-order valence-electron chi connectivity index (χ3n) is 5.20. The SMILES string of the molecule is CC(C(=O)Nc1ccc(Cc2nc3ccccc3s2)cc1)n1c(=O)oc2ccccc21. The van der Waals surface area contributed by atoms with Gasteiger partial charge in [-0.1, -0.05) is 36.4 Å². The van der Waals surface area contributed by atoms with Crippen molar-refractivity contribution in [3.05, 3.63) is 93.9 Å². The second-order valence-electron chi connectivity index (χ2n) is 7.32. The quantitative estimate of drug-likeness (QED) is 0.427. The van der Waals surface area contributed by atoms with E-state index in [1.807, 2.05) is 48.5 Å². The van der Waals surface area contributed by atoms with E-state index in [0.717, 1.165) is 22.5 Å². The Morgan fingerprint density at radius 2 is 1.81 bits per heavy atom. The van der Waals surface area contributed by atoms with E-state index < -0.39 is 11.8 Å². The minimum atomic E-state index is -0.710. The zero-order valence-electron chi connectivity index (χ0n) is 16.7. The Bertz CT molecular complexity index is 1410. The van der Waals surface area contributed by atoms with Gasteiger partial charge in [-0.05, 0) is 48.9 Å². The predicted octanol–water partition coefficient (Wildman–Crippen LogP) is 4.99. The number of anilines is 1. The first kappa shape index (κ1) is 19.3. The van der Waals surface area contributed by atoms with Gasteiger partial charge in [0.1, 0.15) is 6.04 Å². The van der Waals surface area contributed by atoms with E-state index in [-0.39, 0.29) is 5.91 Å². The summed E-state index contributed by atoms with van der Waals surface area (Å²) in [7, 11) is 0. The fourth-order valence-electron chi connectivity index (χ4n) is 3.59. The summed E-state index contributed by atoms with van der Waals surface area (Å²) in [5, 5.41) is 3.93. The molecule has 3 aromatic carbocycles. The van der Waals surface area contributed by atoms with Crippen LogP contribution < -0.4 is 11.1 Å². The molecule has 154 valence electrons. The number of benzene rings is 3. The number of rotatable bonds is 5. The van der Waals surface area contributed by atoms with Gasteiger partial charge >= 0.3 is 5.76 Å². The van der Waals surface area contributed by atoms with Crippen LogP contribution in [0.4, 0.5) is 5.69 Å². The molecule has 0 bridgehead atoms. The molecule has 0 spiro atoms. The summed E-state index contributed by atoms with van der Waals surface area (Å²) in [4.78, 5) is 29.7. The van der Waals surface area contributed by atoms with Crippen molar-refractivity contribution in [2.45, 2.75) is 19.4 Å². The van der Waals surface area contributed by atoms with Crippen LogP contribution in [0.3, 0.4) is 0 Å². The third kappa shape index (κ3) is 3.75. The summed E-state index contributed by atoms with van der Waals surface area (Å²) >= 11 is 1.69. The van der Waals surface area contributed by atoms with Gasteiger partial charge in [0.2, 0.25) is 5.91 Å². The van der Waals surface area contributed by atoms with Crippen molar-refractivity contribution >= 4 is 44.2 Å². The van der Waals surface area contributed by atoms with Crippen LogP contribution in [-0.2, 0) is 11.2 Å². The topological polar surface area (TPSA) is 77.1 Å². The predicted molar refractivity (Wildman–Crippen MR) is 123 cm³/mol. The number of hydrogen-bond acceptors (Lipinski definition) is 5. The Balaban J connectivity index is 1.30. The smallest absolute Gasteiger partial charge is 0.408 e. The third-order valence-corrected chi connectivity index (χ3v) is 6.24. The molecular weight excluding hydrogens is 410 g/mol. The standard InChI is InChI=1S/C24H19N3O3S/c1-15(27-19-7-3-4-8-20(19)30-24(27)29)23(28)25-17-12-10-16(11-13-17)14-22-26-18-6-2-5-9-21(18)31-22/h2-13,15H,14H2,1H3,(H,25,28). The molecule has 0 aliphatic rings. The Labute approximate surface area is 181 Å². The van der Waals surface area contributed by atoms with Gasteiger partial charge in [-0.2, -0.15) is 0 Å². The molecule has 2 heterocycles. The molecule has 5 aromatic rings. The minimum Gasteiger partial charge on any atom is -0.408 e. The van der Waals surface area contributed by atoms with Gasteiger partial charge in [-0.3, -0.25) is 9.36 Å². The highest BCUT2D eigenvalue weighted by Crippen LogP contribution is 2.24. The van der Waals surface area contributed by atoms with Crippen LogP contribution in [0.1, 0.15) is 23.5 Å². The Hall–Kier alpha value is -3.71. The second kappa shape index (κ2) is 7.85. The first-order valence-corrected chi connectivity index (χ1v) is 10.7. The summed E-state index contributed by atoms with van der Waals surface area (Å²) in [5.41, 5.74) is 3.86. The molecule has 1 amide bonds. The summed E-state index contributed by atoms with van der Waals surface area (Å²) in [6.45, 7) is 1.68. The van der Waals surface area contributed by atoms with Gasteiger partial charge in [0.25, 0.3) is 0 Å². The van der Waals surface area contributed by atoms with Crippen LogP contribution in [0.5, 0.6) is 0 Å². The Morgan fingerprint density at radius 3 is 2.61 bits per heavy atom. The molecule has 7 heteroatoms. The van der Waals surface area contributed by atoms with Crippen LogP contribution in [0, 0.1) is 0 Å². The minimum absolute atomic E-state index is 0.285. The van der Waals surface area contributed by atoms with Crippen molar-refractivity contribution in [2.75, 3.05) is 5.32 Å². The number of thiazole rings is 1. The molecule has 0 aliphatic carbocycles. The van der Waals surface area contributed by atoms with Gasteiger partial charge in [0.05, 0.1) is 20.7 Å². The maximum atomic E-state index is 12.8. The number of para-hydroxylation sites is 3. The lowest BCUT2D eigenvalue weighted by atomic mass is 10.1. The molecule has 0 aliphatic heterocycles. The van der Waals surface area contributed by atoms with E-state index in [2.05, 4.69) is 16.4 Å². The molecule has 2 aromatic heterocycles. The number of carbonyl (C=O) groups excluding carboxylic acids is 1. The average molecular weight is 430 g/mol. The van der Waals surface area contributed by atoms with Gasteiger partial charge in [0, 0.05) is 12.1 Å². The number of carbonyl (C=O) groups is 1. The van der Waals surface area contributed by atoms with Crippen LogP contribution >= 0.6 is 11.3 Å². The number of amides is 1. The zero-order chi connectivity index (χ0) is 21.4. The normalized spacial score (nSPS) is 12.3. The maximum Gasteiger partial charge on any atom is 0.420 e. The van der Waals surface area contributed by atoms with Crippen LogP contribution in [0.15, 0.2) is 82.0 Å². The summed E-state index contributed by atoms with van der Waals surface area (Å²) in [6, 6.07) is 22.1. The molecule has 31 heavy (non-hydrogen) atoms. The van der Waals surface area contributed by atoms with Crippen LogP contribution in [0.25, 0.3) is 21.3 Å². The molecule has 1 N–H and O–H groups in total. The molecule has 0 saturated heterocycles. The molecule has 0 radical (unpaired) electrons. The average Bonchev–Trinajstić information content (AvgIpc) is 3.33. The van der Waals surface area contributed by atoms with Crippen molar-refractivity contribution in [3.8, 4) is 0 Å². The summed E-state index contributed by atoms with van der Waals surface area (Å²) in [5.74, 6) is -0.831. The highest BCUT2D eigenvalue weighted by molar-refractivity contribution is 7.18. The van der Waals surface area contributed by atoms with E-state index in [1.165, 1.54) is 9.27 Å². The number of nitrogens with one attached hydrogen (secondary N) is 1. The fourth-order valence-corrected chi connectivity index (χ4v) is 4.59. The molecular formula is C24H19N3O3S. The number of aromatic nitrogens is 2. The molecule has 0 fully saturated rings. The summed E-state index contributed by atoms with van der Waals surface area (Å²) < 4.78 is 7.78. The van der Waals surface area contributed by atoms with Gasteiger partial charge in [-0.15, -0.1) is 11.3 Å². The van der Waals surface area contributed by atoms with Crippen molar-refractivity contribution in [2.24, 2.45) is 0 Å². The van der Waals surface area contributed by atoms with Crippen molar-refractivity contribution in [1.29, 1.82) is 0 Å². The molecule has 1 unspecified atom stereocenters. The van der Waals surface area contributed by atoms with E-state index in [9.17, 15) is 9.59 Å². The fraction of sp³-hybridized carbons (Fsp3) is 0.125. The second-order valence-corrected chi connectivity index (χ2v) is 8.44. The number of nitrogens with zero attached hydrogens (tertiary/aromatic N) is 2. The van der Waals surface area contributed by atoms with Gasteiger partial charge in [0.15, 0.2) is 5.58 Å². The first-order chi connectivity index (χ1) is 15.1. The largest absolute Gasteiger partial charge is 0.420 e. The lowest BCUT2D eigenvalue weighted by Crippen LogP contribution is -2.29.